The van der Waals surface area contributed by atoms with Crippen LogP contribution in [0.5, 0.6) is 0 Å². The first-order valence-electron chi connectivity index (χ1n) is 4.87. The van der Waals surface area contributed by atoms with Crippen LogP contribution in [0.25, 0.3) is 5.69 Å². The predicted molar refractivity (Wildman–Crippen MR) is 59.4 cm³/mol. The first kappa shape index (κ1) is 10.4. The molecule has 0 aromatic carbocycles. The van der Waals surface area contributed by atoms with Gasteiger partial charge in [-0.1, -0.05) is 0 Å². The molecule has 0 atom stereocenters. The average molecular weight is 216 g/mol. The highest BCUT2D eigenvalue weighted by molar-refractivity contribution is 5.94. The molecule has 0 aliphatic heterocycles. The van der Waals surface area contributed by atoms with Crippen molar-refractivity contribution >= 4 is 5.91 Å². The number of imidazole rings is 1. The van der Waals surface area contributed by atoms with Gasteiger partial charge >= 0.3 is 0 Å². The Kier molecular flexibility index (Phi) is 2.44. The minimum atomic E-state index is -0.540. The Balaban J connectivity index is 2.64. The molecule has 5 heteroatoms. The number of carbonyl (C=O) groups is 1. The van der Waals surface area contributed by atoms with Crippen LogP contribution in [0.1, 0.15) is 21.9 Å². The Hall–Kier alpha value is -2.17. The van der Waals surface area contributed by atoms with Crippen LogP contribution in [0.2, 0.25) is 0 Å². The van der Waals surface area contributed by atoms with E-state index in [4.69, 9.17) is 5.73 Å². The number of primary amides is 1. The van der Waals surface area contributed by atoms with Gasteiger partial charge in [0.1, 0.15) is 0 Å². The van der Waals surface area contributed by atoms with Crippen LogP contribution in [0.15, 0.2) is 24.7 Å². The zero-order valence-electron chi connectivity index (χ0n) is 9.14. The third-order valence-corrected chi connectivity index (χ3v) is 2.53. The number of rotatable bonds is 2. The largest absolute Gasteiger partial charge is 0.364 e. The van der Waals surface area contributed by atoms with E-state index in [1.54, 1.807) is 24.7 Å². The maximum absolute atomic E-state index is 11.2. The third-order valence-electron chi connectivity index (χ3n) is 2.53. The van der Waals surface area contributed by atoms with Crippen molar-refractivity contribution < 1.29 is 4.79 Å². The van der Waals surface area contributed by atoms with E-state index in [0.717, 1.165) is 11.4 Å². The minimum absolute atomic E-state index is 0.253. The summed E-state index contributed by atoms with van der Waals surface area (Å²) in [6, 6.07) is 3.55. The van der Waals surface area contributed by atoms with E-state index in [1.165, 1.54) is 0 Å². The third kappa shape index (κ3) is 1.56. The maximum Gasteiger partial charge on any atom is 0.269 e. The Morgan fingerprint density at radius 3 is 2.69 bits per heavy atom. The SMILES string of the molecule is Cc1ncn(-c2cccnc2C(N)=O)c1C. The molecule has 0 unspecified atom stereocenters. The van der Waals surface area contributed by atoms with E-state index in [-0.39, 0.29) is 5.69 Å². The molecule has 16 heavy (non-hydrogen) atoms. The first-order valence-corrected chi connectivity index (χ1v) is 4.87. The van der Waals surface area contributed by atoms with Gasteiger partial charge in [0.25, 0.3) is 5.91 Å². The lowest BCUT2D eigenvalue weighted by Gasteiger charge is -2.08. The van der Waals surface area contributed by atoms with Gasteiger partial charge in [-0.2, -0.15) is 0 Å². The van der Waals surface area contributed by atoms with Crippen molar-refractivity contribution in [1.29, 1.82) is 0 Å². The highest BCUT2D eigenvalue weighted by Crippen LogP contribution is 2.15. The maximum atomic E-state index is 11.2. The summed E-state index contributed by atoms with van der Waals surface area (Å²) in [4.78, 5) is 19.4. The van der Waals surface area contributed by atoms with Crippen LogP contribution in [0.3, 0.4) is 0 Å². The molecular weight excluding hydrogens is 204 g/mol. The van der Waals surface area contributed by atoms with E-state index < -0.39 is 5.91 Å². The number of aryl methyl sites for hydroxylation is 1. The second kappa shape index (κ2) is 3.77. The van der Waals surface area contributed by atoms with Gasteiger partial charge in [0.2, 0.25) is 0 Å². The molecule has 2 aromatic rings. The number of nitrogens with two attached hydrogens (primary N) is 1. The summed E-state index contributed by atoms with van der Waals surface area (Å²) >= 11 is 0. The van der Waals surface area contributed by atoms with E-state index in [9.17, 15) is 4.79 Å². The summed E-state index contributed by atoms with van der Waals surface area (Å²) in [5.74, 6) is -0.540. The average Bonchev–Trinajstić information content (AvgIpc) is 2.60. The molecule has 0 aliphatic carbocycles. The van der Waals surface area contributed by atoms with E-state index >= 15 is 0 Å². The highest BCUT2D eigenvalue weighted by Gasteiger charge is 2.13. The van der Waals surface area contributed by atoms with E-state index in [0.29, 0.717) is 5.69 Å². The smallest absolute Gasteiger partial charge is 0.269 e. The normalized spacial score (nSPS) is 10.4. The fourth-order valence-electron chi connectivity index (χ4n) is 1.52. The van der Waals surface area contributed by atoms with Gasteiger partial charge in [-0.05, 0) is 26.0 Å². The van der Waals surface area contributed by atoms with Crippen LogP contribution < -0.4 is 5.73 Å². The van der Waals surface area contributed by atoms with Gasteiger partial charge in [0, 0.05) is 11.9 Å². The molecule has 2 aromatic heterocycles. The van der Waals surface area contributed by atoms with Gasteiger partial charge in [-0.3, -0.25) is 4.79 Å². The van der Waals surface area contributed by atoms with Crippen molar-refractivity contribution in [3.63, 3.8) is 0 Å². The Morgan fingerprint density at radius 1 is 1.38 bits per heavy atom. The van der Waals surface area contributed by atoms with E-state index in [1.807, 2.05) is 18.4 Å². The molecule has 0 aliphatic rings. The van der Waals surface area contributed by atoms with Gasteiger partial charge in [-0.15, -0.1) is 0 Å². The molecule has 1 amide bonds. The molecule has 2 N–H and O–H groups in total. The lowest BCUT2D eigenvalue weighted by molar-refractivity contribution is 0.0995. The van der Waals surface area contributed by atoms with Crippen molar-refractivity contribution in [2.24, 2.45) is 5.73 Å². The molecule has 0 radical (unpaired) electrons. The monoisotopic (exact) mass is 216 g/mol. The van der Waals surface area contributed by atoms with E-state index in [2.05, 4.69) is 9.97 Å². The summed E-state index contributed by atoms with van der Waals surface area (Å²) in [6.45, 7) is 3.84. The molecule has 0 fully saturated rings. The van der Waals surface area contributed by atoms with Crippen molar-refractivity contribution in [3.8, 4) is 5.69 Å². The zero-order valence-corrected chi connectivity index (χ0v) is 9.14. The lowest BCUT2D eigenvalue weighted by atomic mass is 10.2. The Morgan fingerprint density at radius 2 is 2.12 bits per heavy atom. The standard InChI is InChI=1S/C11H12N4O/c1-7-8(2)15(6-14-7)9-4-3-5-13-10(9)11(12)16/h3-6H,1-2H3,(H2,12,16). The van der Waals surface area contributed by atoms with Gasteiger partial charge in [0.05, 0.1) is 17.7 Å². The highest BCUT2D eigenvalue weighted by atomic mass is 16.1. The van der Waals surface area contributed by atoms with Crippen molar-refractivity contribution in [1.82, 2.24) is 14.5 Å². The Bertz CT molecular complexity index is 545. The van der Waals surface area contributed by atoms with Crippen molar-refractivity contribution in [2.75, 3.05) is 0 Å². The molecule has 0 spiro atoms. The quantitative estimate of drug-likeness (QED) is 0.813. The van der Waals surface area contributed by atoms with Crippen LogP contribution >= 0.6 is 0 Å². The molecule has 82 valence electrons. The molecular formula is C11H12N4O. The molecule has 0 saturated heterocycles. The van der Waals surface area contributed by atoms with Crippen molar-refractivity contribution in [3.05, 3.63) is 41.7 Å². The topological polar surface area (TPSA) is 73.8 Å². The lowest BCUT2D eigenvalue weighted by Crippen LogP contribution is -2.16. The molecule has 0 bridgehead atoms. The fraction of sp³-hybridized carbons (Fsp3) is 0.182. The number of hydrogen-bond donors (Lipinski definition) is 1. The molecule has 0 saturated carbocycles. The summed E-state index contributed by atoms with van der Waals surface area (Å²) in [5, 5.41) is 0. The molecule has 5 nitrogen and oxygen atoms in total. The number of carbonyl (C=O) groups excluding carboxylic acids is 1. The van der Waals surface area contributed by atoms with Crippen LogP contribution in [-0.2, 0) is 0 Å². The minimum Gasteiger partial charge on any atom is -0.364 e. The number of nitrogens with zero attached hydrogens (tertiary/aromatic N) is 3. The van der Waals surface area contributed by atoms with Gasteiger partial charge in [-0.25, -0.2) is 9.97 Å². The van der Waals surface area contributed by atoms with Gasteiger partial charge in [0.15, 0.2) is 5.69 Å². The van der Waals surface area contributed by atoms with Crippen molar-refractivity contribution in [2.45, 2.75) is 13.8 Å². The fourth-order valence-corrected chi connectivity index (χ4v) is 1.52. The molecule has 2 rings (SSSR count). The molecule has 2 heterocycles. The van der Waals surface area contributed by atoms with Crippen LogP contribution in [-0.4, -0.2) is 20.4 Å². The number of hydrogen-bond acceptors (Lipinski definition) is 3. The van der Waals surface area contributed by atoms with Crippen LogP contribution in [0, 0.1) is 13.8 Å². The zero-order chi connectivity index (χ0) is 11.7. The van der Waals surface area contributed by atoms with Crippen LogP contribution in [0.4, 0.5) is 0 Å². The first-order chi connectivity index (χ1) is 7.61. The second-order valence-corrected chi connectivity index (χ2v) is 3.52. The summed E-state index contributed by atoms with van der Waals surface area (Å²) < 4.78 is 1.81. The number of aromatic nitrogens is 3. The predicted octanol–water partition coefficient (Wildman–Crippen LogP) is 0.983. The summed E-state index contributed by atoms with van der Waals surface area (Å²) in [5.41, 5.74) is 8.07. The summed E-state index contributed by atoms with van der Waals surface area (Å²) in [6.07, 6.45) is 3.21. The number of amides is 1. The Labute approximate surface area is 92.9 Å². The van der Waals surface area contributed by atoms with Gasteiger partial charge < -0.3 is 10.3 Å². The second-order valence-electron chi connectivity index (χ2n) is 3.52. The summed E-state index contributed by atoms with van der Waals surface area (Å²) in [7, 11) is 0. The number of pyridine rings is 1.